The van der Waals surface area contributed by atoms with Gasteiger partial charge >= 0.3 is 0 Å². The summed E-state index contributed by atoms with van der Waals surface area (Å²) in [6, 6.07) is 8.51. The maximum absolute atomic E-state index is 13.9. The van der Waals surface area contributed by atoms with E-state index >= 15 is 0 Å². The molecule has 1 unspecified atom stereocenters. The molecule has 2 nitrogen and oxygen atoms in total. The van der Waals surface area contributed by atoms with Crippen LogP contribution in [0.5, 0.6) is 0 Å². The van der Waals surface area contributed by atoms with Gasteiger partial charge in [0.05, 0.1) is 11.1 Å². The summed E-state index contributed by atoms with van der Waals surface area (Å²) in [7, 11) is 0. The van der Waals surface area contributed by atoms with Crippen LogP contribution in [-0.4, -0.2) is 10.1 Å². The van der Waals surface area contributed by atoms with Crippen molar-refractivity contribution in [3.8, 4) is 0 Å². The largest absolute Gasteiger partial charge is 0.388 e. The first kappa shape index (κ1) is 13.5. The van der Waals surface area contributed by atoms with Crippen molar-refractivity contribution in [3.05, 3.63) is 63.1 Å². The molecule has 0 aliphatic heterocycles. The van der Waals surface area contributed by atoms with Crippen LogP contribution in [0.25, 0.3) is 0 Å². The van der Waals surface area contributed by atoms with Crippen LogP contribution in [0, 0.1) is 5.82 Å². The minimum atomic E-state index is -0.967. The number of hydrogen-bond donors (Lipinski definition) is 1. The Balaban J connectivity index is 2.24. The fourth-order valence-electron chi connectivity index (χ4n) is 1.63. The van der Waals surface area contributed by atoms with E-state index in [1.807, 2.05) is 6.07 Å². The quantitative estimate of drug-likeness (QED) is 0.866. The molecule has 0 spiro atoms. The van der Waals surface area contributed by atoms with Crippen LogP contribution in [0.3, 0.4) is 0 Å². The summed E-state index contributed by atoms with van der Waals surface area (Å²) < 4.78 is 14.3. The third-order valence-corrected chi connectivity index (χ3v) is 3.81. The van der Waals surface area contributed by atoms with E-state index in [2.05, 4.69) is 20.9 Å². The Labute approximate surface area is 118 Å². The molecule has 2 aromatic rings. The molecule has 0 bridgehead atoms. The highest BCUT2D eigenvalue weighted by Gasteiger charge is 2.17. The number of rotatable bonds is 3. The number of benzene rings is 1. The second kappa shape index (κ2) is 5.78. The van der Waals surface area contributed by atoms with Crippen LogP contribution in [0.4, 0.5) is 4.39 Å². The molecule has 94 valence electrons. The summed E-state index contributed by atoms with van der Waals surface area (Å²) in [6.45, 7) is 0. The molecule has 18 heavy (non-hydrogen) atoms. The zero-order chi connectivity index (χ0) is 13.1. The lowest BCUT2D eigenvalue weighted by Crippen LogP contribution is -2.06. The molecule has 1 N–H and O–H groups in total. The Bertz CT molecular complexity index is 550. The highest BCUT2D eigenvalue weighted by Crippen LogP contribution is 2.31. The van der Waals surface area contributed by atoms with Crippen molar-refractivity contribution in [2.75, 3.05) is 0 Å². The smallest absolute Gasteiger partial charge is 0.148 e. The summed E-state index contributed by atoms with van der Waals surface area (Å²) in [5, 5.41) is 10.00. The fourth-order valence-corrected chi connectivity index (χ4v) is 2.10. The molecule has 1 aromatic heterocycles. The maximum atomic E-state index is 13.9. The SMILES string of the molecule is OC(Cc1ccccn1)c1ccc(Br)c(Cl)c1F. The molecule has 0 aliphatic carbocycles. The molecule has 0 amide bonds. The van der Waals surface area contributed by atoms with Crippen molar-refractivity contribution in [1.82, 2.24) is 4.98 Å². The van der Waals surface area contributed by atoms with Gasteiger partial charge in [-0.25, -0.2) is 4.39 Å². The number of hydrogen-bond acceptors (Lipinski definition) is 2. The minimum Gasteiger partial charge on any atom is -0.388 e. The molecule has 0 radical (unpaired) electrons. The topological polar surface area (TPSA) is 33.1 Å². The van der Waals surface area contributed by atoms with E-state index in [1.165, 1.54) is 6.07 Å². The monoisotopic (exact) mass is 329 g/mol. The van der Waals surface area contributed by atoms with Gasteiger partial charge in [-0.15, -0.1) is 0 Å². The Kier molecular flexibility index (Phi) is 4.32. The molecule has 0 aliphatic rings. The minimum absolute atomic E-state index is 0.0208. The number of pyridine rings is 1. The number of halogens is 3. The number of aliphatic hydroxyl groups is 1. The fraction of sp³-hybridized carbons (Fsp3) is 0.154. The lowest BCUT2D eigenvalue weighted by molar-refractivity contribution is 0.172. The first-order chi connectivity index (χ1) is 8.59. The van der Waals surface area contributed by atoms with Crippen molar-refractivity contribution < 1.29 is 9.50 Å². The van der Waals surface area contributed by atoms with Gasteiger partial charge in [0, 0.05) is 28.3 Å². The van der Waals surface area contributed by atoms with Crippen molar-refractivity contribution in [2.24, 2.45) is 0 Å². The predicted octanol–water partition coefficient (Wildman–Crippen LogP) is 3.91. The van der Waals surface area contributed by atoms with Gasteiger partial charge in [0.1, 0.15) is 5.82 Å². The highest BCUT2D eigenvalue weighted by atomic mass is 79.9. The van der Waals surface area contributed by atoms with E-state index in [9.17, 15) is 9.50 Å². The molecular formula is C13H10BrClFNO. The number of aromatic nitrogens is 1. The predicted molar refractivity (Wildman–Crippen MR) is 72.0 cm³/mol. The zero-order valence-electron chi connectivity index (χ0n) is 9.28. The summed E-state index contributed by atoms with van der Waals surface area (Å²) in [5.41, 5.74) is 0.872. The normalized spacial score (nSPS) is 12.4. The van der Waals surface area contributed by atoms with Crippen molar-refractivity contribution in [3.63, 3.8) is 0 Å². The molecule has 0 fully saturated rings. The Morgan fingerprint density at radius 3 is 2.78 bits per heavy atom. The van der Waals surface area contributed by atoms with E-state index in [4.69, 9.17) is 11.6 Å². The molecule has 0 saturated carbocycles. The van der Waals surface area contributed by atoms with Gasteiger partial charge in [0.2, 0.25) is 0 Å². The molecule has 5 heteroatoms. The van der Waals surface area contributed by atoms with E-state index in [-0.39, 0.29) is 17.0 Å². The van der Waals surface area contributed by atoms with E-state index < -0.39 is 11.9 Å². The lowest BCUT2D eigenvalue weighted by Gasteiger charge is -2.12. The summed E-state index contributed by atoms with van der Waals surface area (Å²) in [5.74, 6) is -0.602. The van der Waals surface area contributed by atoms with Gasteiger partial charge in [-0.1, -0.05) is 23.7 Å². The van der Waals surface area contributed by atoms with Gasteiger partial charge in [0.15, 0.2) is 0 Å². The van der Waals surface area contributed by atoms with Crippen molar-refractivity contribution >= 4 is 27.5 Å². The van der Waals surface area contributed by atoms with E-state index in [1.54, 1.807) is 24.4 Å². The van der Waals surface area contributed by atoms with E-state index in [0.717, 1.165) is 0 Å². The maximum Gasteiger partial charge on any atom is 0.148 e. The van der Waals surface area contributed by atoms with Crippen LogP contribution < -0.4 is 0 Å². The second-order valence-corrected chi connectivity index (χ2v) is 5.04. The Morgan fingerprint density at radius 2 is 2.11 bits per heavy atom. The standard InChI is InChI=1S/C13H10BrClFNO/c14-10-5-4-9(13(16)12(10)15)11(18)7-8-3-1-2-6-17-8/h1-6,11,18H,7H2. The van der Waals surface area contributed by atoms with Crippen LogP contribution in [0.1, 0.15) is 17.4 Å². The van der Waals surface area contributed by atoms with Gasteiger partial charge in [-0.05, 0) is 34.1 Å². The average Bonchev–Trinajstić information content (AvgIpc) is 2.37. The summed E-state index contributed by atoms with van der Waals surface area (Å²) in [4.78, 5) is 4.09. The lowest BCUT2D eigenvalue weighted by atomic mass is 10.0. The van der Waals surface area contributed by atoms with Gasteiger partial charge in [-0.2, -0.15) is 0 Å². The van der Waals surface area contributed by atoms with Gasteiger partial charge in [-0.3, -0.25) is 4.98 Å². The van der Waals surface area contributed by atoms with Crippen LogP contribution in [-0.2, 0) is 6.42 Å². The van der Waals surface area contributed by atoms with Gasteiger partial charge < -0.3 is 5.11 Å². The van der Waals surface area contributed by atoms with Crippen molar-refractivity contribution in [1.29, 1.82) is 0 Å². The third kappa shape index (κ3) is 2.88. The second-order valence-electron chi connectivity index (χ2n) is 3.81. The van der Waals surface area contributed by atoms with Crippen LogP contribution in [0.15, 0.2) is 41.0 Å². The molecule has 1 aromatic carbocycles. The first-order valence-corrected chi connectivity index (χ1v) is 6.48. The number of nitrogens with zero attached hydrogens (tertiary/aromatic N) is 1. The molecule has 1 heterocycles. The summed E-state index contributed by atoms with van der Waals surface area (Å²) >= 11 is 8.91. The Hall–Kier alpha value is -0.970. The molecular weight excluding hydrogens is 321 g/mol. The Morgan fingerprint density at radius 1 is 1.33 bits per heavy atom. The summed E-state index contributed by atoms with van der Waals surface area (Å²) in [6.07, 6.45) is 0.911. The van der Waals surface area contributed by atoms with Crippen LogP contribution >= 0.6 is 27.5 Å². The zero-order valence-corrected chi connectivity index (χ0v) is 11.6. The number of aliphatic hydroxyl groups excluding tert-OH is 1. The molecule has 2 rings (SSSR count). The van der Waals surface area contributed by atoms with Gasteiger partial charge in [0.25, 0.3) is 0 Å². The van der Waals surface area contributed by atoms with E-state index in [0.29, 0.717) is 10.2 Å². The average molecular weight is 331 g/mol. The third-order valence-electron chi connectivity index (χ3n) is 2.55. The van der Waals surface area contributed by atoms with Crippen molar-refractivity contribution in [2.45, 2.75) is 12.5 Å². The molecule has 0 saturated heterocycles. The molecule has 1 atom stereocenters. The first-order valence-electron chi connectivity index (χ1n) is 5.31. The highest BCUT2D eigenvalue weighted by molar-refractivity contribution is 9.10. The van der Waals surface area contributed by atoms with Crippen LogP contribution in [0.2, 0.25) is 5.02 Å².